The number of hydrogen-bond donors (Lipinski definition) is 2. The predicted octanol–water partition coefficient (Wildman–Crippen LogP) is 2.93. The van der Waals surface area contributed by atoms with Crippen molar-refractivity contribution in [3.8, 4) is 0 Å². The molecule has 1 heterocycles. The van der Waals surface area contributed by atoms with E-state index >= 15 is 0 Å². The van der Waals surface area contributed by atoms with Gasteiger partial charge in [-0.25, -0.2) is 9.82 Å². The third-order valence-corrected chi connectivity index (χ3v) is 2.72. The van der Waals surface area contributed by atoms with Crippen molar-refractivity contribution in [1.82, 2.24) is 5.43 Å². The summed E-state index contributed by atoms with van der Waals surface area (Å²) in [6, 6.07) is 7.47. The SMILES string of the molecule is Cc1ccc(C(NN)c2ccc(Cl)cc2F)o1. The number of hydrogen-bond acceptors (Lipinski definition) is 3. The average molecular weight is 255 g/mol. The van der Waals surface area contributed by atoms with Crippen molar-refractivity contribution in [3.05, 3.63) is 58.3 Å². The zero-order chi connectivity index (χ0) is 12.4. The first-order valence-corrected chi connectivity index (χ1v) is 5.47. The molecule has 0 aliphatic heterocycles. The Morgan fingerprint density at radius 3 is 2.65 bits per heavy atom. The number of nitrogens with two attached hydrogens (primary N) is 1. The van der Waals surface area contributed by atoms with Crippen LogP contribution in [0.3, 0.4) is 0 Å². The molecule has 17 heavy (non-hydrogen) atoms. The van der Waals surface area contributed by atoms with Crippen molar-refractivity contribution < 1.29 is 8.81 Å². The van der Waals surface area contributed by atoms with Gasteiger partial charge in [0.15, 0.2) is 0 Å². The van der Waals surface area contributed by atoms with Crippen molar-refractivity contribution in [1.29, 1.82) is 0 Å². The summed E-state index contributed by atoms with van der Waals surface area (Å²) in [5.41, 5.74) is 2.93. The number of aryl methyl sites for hydroxylation is 1. The van der Waals surface area contributed by atoms with E-state index < -0.39 is 11.9 Å². The molecule has 5 heteroatoms. The summed E-state index contributed by atoms with van der Waals surface area (Å²) in [5.74, 6) is 6.33. The van der Waals surface area contributed by atoms with E-state index in [-0.39, 0.29) is 0 Å². The van der Waals surface area contributed by atoms with Crippen LogP contribution in [0.25, 0.3) is 0 Å². The number of furan rings is 1. The van der Waals surface area contributed by atoms with Gasteiger partial charge in [-0.1, -0.05) is 17.7 Å². The number of benzene rings is 1. The van der Waals surface area contributed by atoms with Crippen molar-refractivity contribution >= 4 is 11.6 Å². The quantitative estimate of drug-likeness (QED) is 0.654. The summed E-state index contributed by atoms with van der Waals surface area (Å²) in [4.78, 5) is 0. The summed E-state index contributed by atoms with van der Waals surface area (Å²) in [5, 5.41) is 0.345. The fraction of sp³-hybridized carbons (Fsp3) is 0.167. The van der Waals surface area contributed by atoms with Crippen molar-refractivity contribution in [2.75, 3.05) is 0 Å². The van der Waals surface area contributed by atoms with E-state index in [1.807, 2.05) is 6.92 Å². The van der Waals surface area contributed by atoms with Crippen LogP contribution in [0, 0.1) is 12.7 Å². The van der Waals surface area contributed by atoms with Crippen LogP contribution in [-0.4, -0.2) is 0 Å². The van der Waals surface area contributed by atoms with E-state index in [2.05, 4.69) is 5.43 Å². The van der Waals surface area contributed by atoms with Gasteiger partial charge in [0.1, 0.15) is 23.4 Å². The summed E-state index contributed by atoms with van der Waals surface area (Å²) in [6.45, 7) is 1.81. The predicted molar refractivity (Wildman–Crippen MR) is 64.0 cm³/mol. The lowest BCUT2D eigenvalue weighted by atomic mass is 10.0. The first-order chi connectivity index (χ1) is 8.11. The minimum atomic E-state index is -0.527. The topological polar surface area (TPSA) is 51.2 Å². The molecule has 0 radical (unpaired) electrons. The Labute approximate surface area is 103 Å². The number of rotatable bonds is 3. The fourth-order valence-electron chi connectivity index (χ4n) is 1.67. The van der Waals surface area contributed by atoms with Crippen LogP contribution >= 0.6 is 11.6 Å². The molecule has 0 fully saturated rings. The highest BCUT2D eigenvalue weighted by molar-refractivity contribution is 6.30. The number of hydrazine groups is 1. The Morgan fingerprint density at radius 2 is 2.12 bits per heavy atom. The molecule has 90 valence electrons. The smallest absolute Gasteiger partial charge is 0.129 e. The maximum atomic E-state index is 13.8. The Balaban J connectivity index is 2.42. The number of halogens is 2. The second kappa shape index (κ2) is 4.87. The van der Waals surface area contributed by atoms with Gasteiger partial charge in [-0.3, -0.25) is 5.84 Å². The Morgan fingerprint density at radius 1 is 1.35 bits per heavy atom. The lowest BCUT2D eigenvalue weighted by Gasteiger charge is -2.14. The van der Waals surface area contributed by atoms with Crippen LogP contribution < -0.4 is 11.3 Å². The van der Waals surface area contributed by atoms with Crippen LogP contribution in [0.2, 0.25) is 5.02 Å². The van der Waals surface area contributed by atoms with E-state index in [1.165, 1.54) is 6.07 Å². The summed E-state index contributed by atoms with van der Waals surface area (Å²) < 4.78 is 19.2. The molecular formula is C12H12ClFN2O. The summed E-state index contributed by atoms with van der Waals surface area (Å²) >= 11 is 5.70. The zero-order valence-electron chi connectivity index (χ0n) is 9.21. The normalized spacial score (nSPS) is 12.7. The van der Waals surface area contributed by atoms with Crippen LogP contribution in [0.4, 0.5) is 4.39 Å². The van der Waals surface area contributed by atoms with Crippen molar-refractivity contribution in [2.45, 2.75) is 13.0 Å². The minimum absolute atomic E-state index is 0.345. The van der Waals surface area contributed by atoms with Gasteiger partial charge in [0.2, 0.25) is 0 Å². The number of nitrogens with one attached hydrogen (secondary N) is 1. The highest BCUT2D eigenvalue weighted by Crippen LogP contribution is 2.26. The molecule has 2 aromatic rings. The molecule has 3 nitrogen and oxygen atoms in total. The monoisotopic (exact) mass is 254 g/mol. The van der Waals surface area contributed by atoms with Gasteiger partial charge < -0.3 is 4.42 Å². The molecule has 0 aliphatic rings. The summed E-state index contributed by atoms with van der Waals surface area (Å²) in [6.07, 6.45) is 0. The van der Waals surface area contributed by atoms with Crippen LogP contribution in [0.15, 0.2) is 34.7 Å². The first-order valence-electron chi connectivity index (χ1n) is 5.09. The first kappa shape index (κ1) is 12.1. The average Bonchev–Trinajstić information content (AvgIpc) is 2.69. The molecule has 0 spiro atoms. The van der Waals surface area contributed by atoms with Gasteiger partial charge in [0.05, 0.1) is 0 Å². The molecule has 0 bridgehead atoms. The zero-order valence-corrected chi connectivity index (χ0v) is 9.96. The molecule has 2 rings (SSSR count). The Hall–Kier alpha value is -1.36. The minimum Gasteiger partial charge on any atom is -0.464 e. The van der Waals surface area contributed by atoms with E-state index in [4.69, 9.17) is 21.9 Å². The second-order valence-corrected chi connectivity index (χ2v) is 4.15. The van der Waals surface area contributed by atoms with Gasteiger partial charge in [-0.15, -0.1) is 0 Å². The molecular weight excluding hydrogens is 243 g/mol. The van der Waals surface area contributed by atoms with Gasteiger partial charge in [0.25, 0.3) is 0 Å². The van der Waals surface area contributed by atoms with E-state index in [0.717, 1.165) is 5.76 Å². The summed E-state index contributed by atoms with van der Waals surface area (Å²) in [7, 11) is 0. The maximum absolute atomic E-state index is 13.8. The van der Waals surface area contributed by atoms with Gasteiger partial charge in [0, 0.05) is 10.6 Å². The lowest BCUT2D eigenvalue weighted by molar-refractivity contribution is 0.426. The standard InChI is InChI=1S/C12H12ClFN2O/c1-7-2-5-11(17-7)12(16-15)9-4-3-8(13)6-10(9)14/h2-6,12,16H,15H2,1H3. The third-order valence-electron chi connectivity index (χ3n) is 2.49. The lowest BCUT2D eigenvalue weighted by Crippen LogP contribution is -2.29. The molecule has 1 unspecified atom stereocenters. The van der Waals surface area contributed by atoms with Gasteiger partial charge in [-0.2, -0.15) is 0 Å². The Bertz CT molecular complexity index is 527. The third kappa shape index (κ3) is 2.49. The molecule has 0 saturated carbocycles. The molecule has 1 aromatic heterocycles. The van der Waals surface area contributed by atoms with Crippen LogP contribution in [0.1, 0.15) is 23.1 Å². The molecule has 1 aromatic carbocycles. The van der Waals surface area contributed by atoms with Crippen LogP contribution in [0.5, 0.6) is 0 Å². The van der Waals surface area contributed by atoms with Crippen molar-refractivity contribution in [2.24, 2.45) is 5.84 Å². The van der Waals surface area contributed by atoms with Gasteiger partial charge >= 0.3 is 0 Å². The van der Waals surface area contributed by atoms with Crippen molar-refractivity contribution in [3.63, 3.8) is 0 Å². The largest absolute Gasteiger partial charge is 0.464 e. The van der Waals surface area contributed by atoms with E-state index in [9.17, 15) is 4.39 Å². The Kier molecular flexibility index (Phi) is 3.47. The van der Waals surface area contributed by atoms with E-state index in [0.29, 0.717) is 16.3 Å². The second-order valence-electron chi connectivity index (χ2n) is 3.71. The molecule has 0 saturated heterocycles. The van der Waals surface area contributed by atoms with E-state index in [1.54, 1.807) is 24.3 Å². The molecule has 0 amide bonds. The maximum Gasteiger partial charge on any atom is 0.129 e. The highest BCUT2D eigenvalue weighted by atomic mass is 35.5. The highest BCUT2D eigenvalue weighted by Gasteiger charge is 2.19. The molecule has 0 aliphatic carbocycles. The molecule has 1 atom stereocenters. The molecule has 3 N–H and O–H groups in total. The van der Waals surface area contributed by atoms with Crippen LogP contribution in [-0.2, 0) is 0 Å². The van der Waals surface area contributed by atoms with Gasteiger partial charge in [-0.05, 0) is 31.2 Å². The fourth-order valence-corrected chi connectivity index (χ4v) is 1.83.